The second-order valence-electron chi connectivity index (χ2n) is 3.72. The minimum absolute atomic E-state index is 0. The van der Waals surface area contributed by atoms with Crippen molar-refractivity contribution >= 4 is 39.9 Å². The first-order valence-corrected chi connectivity index (χ1v) is 5.80. The van der Waals surface area contributed by atoms with Crippen LogP contribution < -0.4 is 10.6 Å². The first-order valence-electron chi connectivity index (χ1n) is 5.01. The van der Waals surface area contributed by atoms with E-state index in [0.717, 1.165) is 29.5 Å². The van der Waals surface area contributed by atoms with Gasteiger partial charge in [0.15, 0.2) is 0 Å². The molecule has 88 valence electrons. The van der Waals surface area contributed by atoms with Crippen molar-refractivity contribution in [1.29, 1.82) is 0 Å². The second-order valence-corrected chi connectivity index (χ2v) is 4.63. The predicted octanol–water partition coefficient (Wildman–Crippen LogP) is 2.33. The number of benzene rings is 1. The lowest BCUT2D eigenvalue weighted by Gasteiger charge is -2.30. The van der Waals surface area contributed by atoms with E-state index >= 15 is 0 Å². The highest BCUT2D eigenvalue weighted by atomic mass is 79.9. The van der Waals surface area contributed by atoms with Gasteiger partial charge in [0, 0.05) is 16.7 Å². The maximum atomic E-state index is 11.8. The Labute approximate surface area is 110 Å². The number of carbonyl (C=O) groups is 1. The average molecular weight is 306 g/mol. The molecule has 3 nitrogen and oxygen atoms in total. The first-order chi connectivity index (χ1) is 7.18. The minimum atomic E-state index is -0.331. The maximum absolute atomic E-state index is 11.8. The van der Waals surface area contributed by atoms with Gasteiger partial charge in [0.05, 0.1) is 6.04 Å². The topological polar surface area (TPSA) is 46.3 Å². The number of nitrogens with two attached hydrogens (primary N) is 1. The van der Waals surface area contributed by atoms with Crippen LogP contribution in [0.4, 0.5) is 5.69 Å². The SMILES string of the molecule is Cl.NC1CCCN(c2ccc(Br)cc2)C1=O. The number of rotatable bonds is 1. The lowest BCUT2D eigenvalue weighted by molar-refractivity contribution is -0.120. The summed E-state index contributed by atoms with van der Waals surface area (Å²) in [7, 11) is 0. The van der Waals surface area contributed by atoms with Crippen LogP contribution in [0.1, 0.15) is 12.8 Å². The molecule has 0 radical (unpaired) electrons. The van der Waals surface area contributed by atoms with Crippen molar-refractivity contribution in [3.05, 3.63) is 28.7 Å². The molecular weight excluding hydrogens is 291 g/mol. The van der Waals surface area contributed by atoms with Gasteiger partial charge in [-0.3, -0.25) is 4.79 Å². The van der Waals surface area contributed by atoms with Crippen LogP contribution >= 0.6 is 28.3 Å². The van der Waals surface area contributed by atoms with Crippen molar-refractivity contribution in [2.24, 2.45) is 5.73 Å². The fourth-order valence-electron chi connectivity index (χ4n) is 1.78. The molecule has 1 aromatic rings. The summed E-state index contributed by atoms with van der Waals surface area (Å²) in [5, 5.41) is 0. The van der Waals surface area contributed by atoms with Crippen molar-refractivity contribution in [3.8, 4) is 0 Å². The van der Waals surface area contributed by atoms with Gasteiger partial charge in [0.2, 0.25) is 5.91 Å². The molecule has 1 heterocycles. The monoisotopic (exact) mass is 304 g/mol. The largest absolute Gasteiger partial charge is 0.320 e. The van der Waals surface area contributed by atoms with Crippen LogP contribution in [0, 0.1) is 0 Å². The zero-order valence-corrected chi connectivity index (χ0v) is 11.1. The summed E-state index contributed by atoms with van der Waals surface area (Å²) in [4.78, 5) is 13.6. The summed E-state index contributed by atoms with van der Waals surface area (Å²) in [6, 6.07) is 7.40. The smallest absolute Gasteiger partial charge is 0.243 e. The highest BCUT2D eigenvalue weighted by Gasteiger charge is 2.26. The van der Waals surface area contributed by atoms with Crippen LogP contribution in [0.3, 0.4) is 0 Å². The van der Waals surface area contributed by atoms with Crippen molar-refractivity contribution < 1.29 is 4.79 Å². The van der Waals surface area contributed by atoms with E-state index in [1.807, 2.05) is 24.3 Å². The molecule has 1 saturated heterocycles. The molecule has 16 heavy (non-hydrogen) atoms. The Morgan fingerprint density at radius 3 is 2.56 bits per heavy atom. The fourth-order valence-corrected chi connectivity index (χ4v) is 2.04. The van der Waals surface area contributed by atoms with E-state index in [1.54, 1.807) is 4.90 Å². The van der Waals surface area contributed by atoms with Crippen molar-refractivity contribution in [2.45, 2.75) is 18.9 Å². The number of anilines is 1. The summed E-state index contributed by atoms with van der Waals surface area (Å²) < 4.78 is 1.01. The van der Waals surface area contributed by atoms with Gasteiger partial charge in [-0.15, -0.1) is 12.4 Å². The molecule has 0 saturated carbocycles. The zero-order valence-electron chi connectivity index (χ0n) is 8.73. The fraction of sp³-hybridized carbons (Fsp3) is 0.364. The normalized spacial score (nSPS) is 20.5. The molecule has 1 aliphatic heterocycles. The highest BCUT2D eigenvalue weighted by molar-refractivity contribution is 9.10. The number of hydrogen-bond acceptors (Lipinski definition) is 2. The predicted molar refractivity (Wildman–Crippen MR) is 71.0 cm³/mol. The molecule has 2 rings (SSSR count). The van der Waals surface area contributed by atoms with Gasteiger partial charge in [-0.2, -0.15) is 0 Å². The first kappa shape index (κ1) is 13.5. The quantitative estimate of drug-likeness (QED) is 0.865. The van der Waals surface area contributed by atoms with Crippen LogP contribution in [-0.4, -0.2) is 18.5 Å². The number of piperidine rings is 1. The Bertz CT molecular complexity index is 369. The van der Waals surface area contributed by atoms with Crippen molar-refractivity contribution in [3.63, 3.8) is 0 Å². The van der Waals surface area contributed by atoms with Crippen molar-refractivity contribution in [2.75, 3.05) is 11.4 Å². The molecule has 1 aliphatic rings. The lowest BCUT2D eigenvalue weighted by Crippen LogP contribution is -2.48. The summed E-state index contributed by atoms with van der Waals surface area (Å²) >= 11 is 3.37. The highest BCUT2D eigenvalue weighted by Crippen LogP contribution is 2.22. The molecule has 1 unspecified atom stereocenters. The number of hydrogen-bond donors (Lipinski definition) is 1. The van der Waals surface area contributed by atoms with Crippen LogP contribution in [0.15, 0.2) is 28.7 Å². The van der Waals surface area contributed by atoms with Gasteiger partial charge in [-0.25, -0.2) is 0 Å². The van der Waals surface area contributed by atoms with E-state index < -0.39 is 0 Å². The van der Waals surface area contributed by atoms with Gasteiger partial charge < -0.3 is 10.6 Å². The Hall–Kier alpha value is -0.580. The van der Waals surface area contributed by atoms with Gasteiger partial charge in [-0.05, 0) is 37.1 Å². The van der Waals surface area contributed by atoms with E-state index in [-0.39, 0.29) is 24.4 Å². The third kappa shape index (κ3) is 2.75. The van der Waals surface area contributed by atoms with Crippen LogP contribution in [0.2, 0.25) is 0 Å². The Morgan fingerprint density at radius 1 is 1.31 bits per heavy atom. The van der Waals surface area contributed by atoms with E-state index in [0.29, 0.717) is 0 Å². The number of nitrogens with zero attached hydrogens (tertiary/aromatic N) is 1. The molecule has 1 aromatic carbocycles. The molecule has 0 aliphatic carbocycles. The second kappa shape index (κ2) is 5.66. The molecule has 1 amide bonds. The van der Waals surface area contributed by atoms with E-state index in [1.165, 1.54) is 0 Å². The third-order valence-electron chi connectivity index (χ3n) is 2.62. The Balaban J connectivity index is 0.00000128. The molecule has 5 heteroatoms. The van der Waals surface area contributed by atoms with Gasteiger partial charge in [0.1, 0.15) is 0 Å². The molecule has 2 N–H and O–H groups in total. The number of amides is 1. The van der Waals surface area contributed by atoms with Crippen LogP contribution in [0.5, 0.6) is 0 Å². The molecular formula is C11H14BrClN2O. The summed E-state index contributed by atoms with van der Waals surface area (Å²) in [6.45, 7) is 0.772. The van der Waals surface area contributed by atoms with E-state index in [4.69, 9.17) is 5.73 Å². The Morgan fingerprint density at radius 2 is 1.94 bits per heavy atom. The molecule has 1 atom stereocenters. The molecule has 0 spiro atoms. The lowest BCUT2D eigenvalue weighted by atomic mass is 10.1. The minimum Gasteiger partial charge on any atom is -0.320 e. The van der Waals surface area contributed by atoms with Gasteiger partial charge in [-0.1, -0.05) is 15.9 Å². The van der Waals surface area contributed by atoms with E-state index in [9.17, 15) is 4.79 Å². The Kier molecular flexibility index (Phi) is 4.77. The zero-order chi connectivity index (χ0) is 10.8. The van der Waals surface area contributed by atoms with Crippen molar-refractivity contribution in [1.82, 2.24) is 0 Å². The maximum Gasteiger partial charge on any atom is 0.243 e. The van der Waals surface area contributed by atoms with Crippen LogP contribution in [-0.2, 0) is 4.79 Å². The van der Waals surface area contributed by atoms with Gasteiger partial charge >= 0.3 is 0 Å². The molecule has 0 aromatic heterocycles. The number of halogens is 2. The molecule has 1 fully saturated rings. The van der Waals surface area contributed by atoms with Gasteiger partial charge in [0.25, 0.3) is 0 Å². The standard InChI is InChI=1S/C11H13BrN2O.ClH/c12-8-3-5-9(6-4-8)14-7-1-2-10(13)11(14)15;/h3-6,10H,1-2,7,13H2;1H. The third-order valence-corrected chi connectivity index (χ3v) is 3.15. The molecule has 0 bridgehead atoms. The summed E-state index contributed by atoms with van der Waals surface area (Å²) in [6.07, 6.45) is 1.77. The number of carbonyl (C=O) groups excluding carboxylic acids is 1. The summed E-state index contributed by atoms with van der Waals surface area (Å²) in [5.41, 5.74) is 6.66. The van der Waals surface area contributed by atoms with Crippen LogP contribution in [0.25, 0.3) is 0 Å². The van der Waals surface area contributed by atoms with E-state index in [2.05, 4.69) is 15.9 Å². The average Bonchev–Trinajstić information content (AvgIpc) is 2.24. The summed E-state index contributed by atoms with van der Waals surface area (Å²) in [5.74, 6) is 0.0311.